The Bertz CT molecular complexity index is 1120. The zero-order chi connectivity index (χ0) is 25.4. The summed E-state index contributed by atoms with van der Waals surface area (Å²) < 4.78 is 34.9. The molecule has 192 valence electrons. The van der Waals surface area contributed by atoms with Crippen LogP contribution in [-0.2, 0) is 21.0 Å². The third-order valence-corrected chi connectivity index (χ3v) is 8.90. The predicted octanol–water partition coefficient (Wildman–Crippen LogP) is 1.79. The van der Waals surface area contributed by atoms with Gasteiger partial charge in [-0.25, -0.2) is 8.42 Å². The molecule has 2 saturated heterocycles. The number of sulfone groups is 1. The quantitative estimate of drug-likeness (QED) is 0.448. The summed E-state index contributed by atoms with van der Waals surface area (Å²) in [6, 6.07) is 12.7. The molecule has 2 heterocycles. The topological polar surface area (TPSA) is 134 Å². The van der Waals surface area contributed by atoms with Gasteiger partial charge in [-0.3, -0.25) is 0 Å². The van der Waals surface area contributed by atoms with Crippen LogP contribution in [0.3, 0.4) is 0 Å². The first-order valence-electron chi connectivity index (χ1n) is 11.6. The molecule has 5 atom stereocenters. The highest BCUT2D eigenvalue weighted by molar-refractivity contribution is 7.91. The van der Waals surface area contributed by atoms with Gasteiger partial charge in [-0.1, -0.05) is 35.9 Å². The van der Waals surface area contributed by atoms with Gasteiger partial charge in [0.1, 0.15) is 41.9 Å². The molecule has 2 aromatic carbocycles. The third-order valence-electron chi connectivity index (χ3n) is 6.82. The van der Waals surface area contributed by atoms with E-state index in [1.165, 1.54) is 6.92 Å². The van der Waals surface area contributed by atoms with Crippen molar-refractivity contribution >= 4 is 21.4 Å². The van der Waals surface area contributed by atoms with E-state index in [0.717, 1.165) is 11.1 Å². The highest BCUT2D eigenvalue weighted by Crippen LogP contribution is 2.40. The molecule has 0 spiro atoms. The van der Waals surface area contributed by atoms with Crippen LogP contribution < -0.4 is 4.74 Å². The average molecular weight is 527 g/mol. The summed E-state index contributed by atoms with van der Waals surface area (Å²) in [7, 11) is -2.94. The molecule has 2 aliphatic rings. The minimum Gasteiger partial charge on any atom is -0.490 e. The van der Waals surface area contributed by atoms with Gasteiger partial charge in [-0.05, 0) is 61.1 Å². The second-order valence-electron chi connectivity index (χ2n) is 9.54. The van der Waals surface area contributed by atoms with Crippen LogP contribution in [0, 0.1) is 0 Å². The standard InChI is InChI=1S/C25H31ClO8S/c1-25(30)23(29)22(28)21(14-27)34-24(25)16-4-7-20(26)17(13-16)12-15-2-5-18(6-3-15)33-19-8-10-35(31,32)11-9-19/h2-7,13,19,21-24,27-30H,8-12,14H2,1H3/t21?,22-,23+,24+,25+/m1/s1. The number of hydrogen-bond donors (Lipinski definition) is 4. The molecular formula is C25H31ClO8S. The molecule has 2 fully saturated rings. The Morgan fingerprint density at radius 1 is 1.11 bits per heavy atom. The lowest BCUT2D eigenvalue weighted by Crippen LogP contribution is -2.61. The van der Waals surface area contributed by atoms with Crippen molar-refractivity contribution in [2.75, 3.05) is 18.1 Å². The second kappa shape index (κ2) is 10.3. The molecule has 35 heavy (non-hydrogen) atoms. The largest absolute Gasteiger partial charge is 0.490 e. The van der Waals surface area contributed by atoms with Gasteiger partial charge in [0.15, 0.2) is 9.84 Å². The monoisotopic (exact) mass is 526 g/mol. The molecule has 2 aromatic rings. The van der Waals surface area contributed by atoms with Crippen molar-refractivity contribution < 1.29 is 38.3 Å². The van der Waals surface area contributed by atoms with E-state index in [2.05, 4.69) is 0 Å². The Morgan fingerprint density at radius 3 is 2.40 bits per heavy atom. The van der Waals surface area contributed by atoms with Gasteiger partial charge in [0.25, 0.3) is 0 Å². The Balaban J connectivity index is 1.47. The van der Waals surface area contributed by atoms with E-state index < -0.39 is 46.5 Å². The fourth-order valence-electron chi connectivity index (χ4n) is 4.64. The third kappa shape index (κ3) is 5.83. The van der Waals surface area contributed by atoms with Crippen LogP contribution in [0.2, 0.25) is 5.02 Å². The van der Waals surface area contributed by atoms with Crippen LogP contribution in [0.4, 0.5) is 0 Å². The number of aliphatic hydroxyl groups is 4. The molecule has 10 heteroatoms. The first kappa shape index (κ1) is 26.3. The minimum atomic E-state index is -2.94. The van der Waals surface area contributed by atoms with E-state index in [-0.39, 0.29) is 17.6 Å². The SMILES string of the molecule is C[C@@]1(O)[C@H](c2ccc(Cl)c(Cc3ccc(OC4CCS(=O)(=O)CC4)cc3)c2)OC(CO)[C@@H](O)[C@@H]1O. The van der Waals surface area contributed by atoms with Crippen LogP contribution in [-0.4, -0.2) is 77.0 Å². The fraction of sp³-hybridized carbons (Fsp3) is 0.520. The van der Waals surface area contributed by atoms with Gasteiger partial charge < -0.3 is 29.9 Å². The molecule has 0 radical (unpaired) electrons. The second-order valence-corrected chi connectivity index (χ2v) is 12.2. The molecule has 0 aromatic heterocycles. The molecule has 0 amide bonds. The van der Waals surface area contributed by atoms with Crippen molar-refractivity contribution in [1.82, 2.24) is 0 Å². The summed E-state index contributed by atoms with van der Waals surface area (Å²) in [6.07, 6.45) is -3.60. The molecular weight excluding hydrogens is 496 g/mol. The van der Waals surface area contributed by atoms with Gasteiger partial charge >= 0.3 is 0 Å². The summed E-state index contributed by atoms with van der Waals surface area (Å²) in [6.45, 7) is 0.879. The van der Waals surface area contributed by atoms with Crippen molar-refractivity contribution in [1.29, 1.82) is 0 Å². The Morgan fingerprint density at radius 2 is 1.77 bits per heavy atom. The molecule has 4 N–H and O–H groups in total. The van der Waals surface area contributed by atoms with Crippen molar-refractivity contribution in [2.24, 2.45) is 0 Å². The minimum absolute atomic E-state index is 0.115. The lowest BCUT2D eigenvalue weighted by molar-refractivity contribution is -0.271. The molecule has 0 aliphatic carbocycles. The van der Waals surface area contributed by atoms with Crippen molar-refractivity contribution in [3.8, 4) is 5.75 Å². The number of rotatable bonds is 6. The smallest absolute Gasteiger partial charge is 0.150 e. The maximum absolute atomic E-state index is 11.6. The normalized spacial score (nSPS) is 31.3. The fourth-order valence-corrected chi connectivity index (χ4v) is 6.27. The van der Waals surface area contributed by atoms with Gasteiger partial charge in [-0.15, -0.1) is 0 Å². The van der Waals surface area contributed by atoms with Gasteiger partial charge in [0, 0.05) is 5.02 Å². The van der Waals surface area contributed by atoms with Crippen molar-refractivity contribution in [3.05, 3.63) is 64.2 Å². The van der Waals surface area contributed by atoms with Crippen molar-refractivity contribution in [2.45, 2.75) is 62.3 Å². The number of halogens is 1. The maximum atomic E-state index is 11.6. The molecule has 2 aliphatic heterocycles. The van der Waals surface area contributed by atoms with E-state index in [1.807, 2.05) is 24.3 Å². The van der Waals surface area contributed by atoms with Gasteiger partial charge in [0.05, 0.1) is 18.1 Å². The molecule has 0 saturated carbocycles. The molecule has 8 nitrogen and oxygen atoms in total. The number of benzene rings is 2. The van der Waals surface area contributed by atoms with E-state index in [4.69, 9.17) is 21.1 Å². The van der Waals surface area contributed by atoms with Gasteiger partial charge in [-0.2, -0.15) is 0 Å². The van der Waals surface area contributed by atoms with E-state index in [1.54, 1.807) is 18.2 Å². The average Bonchev–Trinajstić information content (AvgIpc) is 2.82. The number of hydrogen-bond acceptors (Lipinski definition) is 8. The van der Waals surface area contributed by atoms with E-state index >= 15 is 0 Å². The summed E-state index contributed by atoms with van der Waals surface area (Å²) in [5.41, 5.74) is 0.512. The lowest BCUT2D eigenvalue weighted by atomic mass is 9.80. The molecule has 4 rings (SSSR count). The lowest BCUT2D eigenvalue weighted by Gasteiger charge is -2.46. The highest BCUT2D eigenvalue weighted by Gasteiger charge is 2.52. The van der Waals surface area contributed by atoms with E-state index in [0.29, 0.717) is 35.6 Å². The number of ether oxygens (including phenoxy) is 2. The first-order chi connectivity index (χ1) is 16.5. The maximum Gasteiger partial charge on any atom is 0.150 e. The van der Waals surface area contributed by atoms with Crippen LogP contribution >= 0.6 is 11.6 Å². The Hall–Kier alpha value is -1.72. The highest BCUT2D eigenvalue weighted by atomic mass is 35.5. The summed E-state index contributed by atoms with van der Waals surface area (Å²) in [5.74, 6) is 0.973. The zero-order valence-electron chi connectivity index (χ0n) is 19.4. The van der Waals surface area contributed by atoms with Crippen LogP contribution in [0.15, 0.2) is 42.5 Å². The summed E-state index contributed by atoms with van der Waals surface area (Å²) >= 11 is 6.44. The van der Waals surface area contributed by atoms with Crippen molar-refractivity contribution in [3.63, 3.8) is 0 Å². The Labute approximate surface area is 210 Å². The van der Waals surface area contributed by atoms with Gasteiger partial charge in [0.2, 0.25) is 0 Å². The summed E-state index contributed by atoms with van der Waals surface area (Å²) in [5, 5.41) is 41.5. The van der Waals surface area contributed by atoms with Crippen LogP contribution in [0.1, 0.15) is 42.6 Å². The van der Waals surface area contributed by atoms with Crippen LogP contribution in [0.5, 0.6) is 5.75 Å². The van der Waals surface area contributed by atoms with E-state index in [9.17, 15) is 28.8 Å². The molecule has 1 unspecified atom stereocenters. The zero-order valence-corrected chi connectivity index (χ0v) is 21.0. The van der Waals surface area contributed by atoms with Crippen LogP contribution in [0.25, 0.3) is 0 Å². The first-order valence-corrected chi connectivity index (χ1v) is 13.8. The summed E-state index contributed by atoms with van der Waals surface area (Å²) in [4.78, 5) is 0. The number of aliphatic hydroxyl groups excluding tert-OH is 3. The Kier molecular flexibility index (Phi) is 7.78. The molecule has 0 bridgehead atoms. The predicted molar refractivity (Wildman–Crippen MR) is 130 cm³/mol.